The third-order valence-corrected chi connectivity index (χ3v) is 7.36. The summed E-state index contributed by atoms with van der Waals surface area (Å²) in [6.07, 6.45) is 4.32. The molecular weight excluding hydrogens is 482 g/mol. The fourth-order valence-corrected chi connectivity index (χ4v) is 5.27. The Morgan fingerprint density at radius 1 is 1.14 bits per heavy atom. The summed E-state index contributed by atoms with van der Waals surface area (Å²) in [5, 5.41) is 4.78. The third kappa shape index (κ3) is 5.67. The maximum Gasteiger partial charge on any atom is 0.410 e. The average Bonchev–Trinajstić information content (AvgIpc) is 3.51. The van der Waals surface area contributed by atoms with E-state index in [0.29, 0.717) is 30.3 Å². The van der Waals surface area contributed by atoms with Crippen molar-refractivity contribution in [1.29, 1.82) is 0 Å². The molecule has 1 aromatic carbocycles. The van der Waals surface area contributed by atoms with Gasteiger partial charge in [0.2, 0.25) is 5.91 Å². The second-order valence-electron chi connectivity index (χ2n) is 10.8. The van der Waals surface area contributed by atoms with E-state index in [1.54, 1.807) is 18.1 Å². The second kappa shape index (κ2) is 10.1. The van der Waals surface area contributed by atoms with E-state index in [-0.39, 0.29) is 35.9 Å². The summed E-state index contributed by atoms with van der Waals surface area (Å²) in [5.74, 6) is 0.435. The summed E-state index contributed by atoms with van der Waals surface area (Å²) in [7, 11) is 1.65. The Morgan fingerprint density at radius 2 is 1.78 bits per heavy atom. The summed E-state index contributed by atoms with van der Waals surface area (Å²) in [6, 6.07) is 7.34. The zero-order valence-corrected chi connectivity index (χ0v) is 22.2. The molecule has 0 spiro atoms. The minimum absolute atomic E-state index is 0.00361. The van der Waals surface area contributed by atoms with E-state index in [4.69, 9.17) is 16.3 Å². The predicted molar refractivity (Wildman–Crippen MR) is 137 cm³/mol. The largest absolute Gasteiger partial charge is 0.444 e. The normalized spacial score (nSPS) is 21.3. The number of hydrogen-bond donors (Lipinski definition) is 0. The highest BCUT2D eigenvalue weighted by Crippen LogP contribution is 2.41. The van der Waals surface area contributed by atoms with Gasteiger partial charge in [-0.05, 0) is 57.1 Å². The first-order valence-corrected chi connectivity index (χ1v) is 12.6. The minimum Gasteiger partial charge on any atom is -0.444 e. The molecule has 3 amide bonds. The molecule has 2 unspecified atom stereocenters. The van der Waals surface area contributed by atoms with Crippen molar-refractivity contribution in [3.05, 3.63) is 47.2 Å². The van der Waals surface area contributed by atoms with E-state index in [0.717, 1.165) is 18.4 Å². The summed E-state index contributed by atoms with van der Waals surface area (Å²) < 4.78 is 7.03. The number of ether oxygens (including phenoxy) is 1. The van der Waals surface area contributed by atoms with Crippen molar-refractivity contribution in [3.8, 4) is 0 Å². The number of anilines is 1. The first-order chi connectivity index (χ1) is 16.9. The van der Waals surface area contributed by atoms with Crippen LogP contribution in [0, 0.1) is 11.8 Å². The molecule has 4 rings (SSSR count). The molecule has 1 aliphatic carbocycles. The molecule has 2 aromatic rings. The standard InChI is InChI=1S/C26H34ClN5O4/c1-17(33)29(5)22-12-28-32(16-22)24(34)30-13-19-10-21(11-20(19)14-30)31(25(35)36-26(2,3)4)15-18-8-6-7-9-23(18)27/h6-9,12,16,19-21H,10-11,13-15H2,1-5H3. The number of halogens is 1. The summed E-state index contributed by atoms with van der Waals surface area (Å²) in [5.41, 5.74) is 0.846. The lowest BCUT2D eigenvalue weighted by Crippen LogP contribution is -2.43. The molecule has 0 bridgehead atoms. The van der Waals surface area contributed by atoms with Gasteiger partial charge in [-0.25, -0.2) is 9.59 Å². The lowest BCUT2D eigenvalue weighted by Gasteiger charge is -2.33. The average molecular weight is 516 g/mol. The maximum atomic E-state index is 13.2. The summed E-state index contributed by atoms with van der Waals surface area (Å²) in [4.78, 5) is 42.9. The number of nitrogens with zero attached hydrogens (tertiary/aromatic N) is 5. The molecule has 10 heteroatoms. The molecule has 2 fully saturated rings. The minimum atomic E-state index is -0.605. The van der Waals surface area contributed by atoms with Crippen molar-refractivity contribution in [3.63, 3.8) is 0 Å². The Kier molecular flexibility index (Phi) is 7.31. The van der Waals surface area contributed by atoms with Crippen molar-refractivity contribution in [2.75, 3.05) is 25.0 Å². The van der Waals surface area contributed by atoms with Gasteiger partial charge in [0.05, 0.1) is 24.6 Å². The van der Waals surface area contributed by atoms with Crippen LogP contribution in [0.5, 0.6) is 0 Å². The SMILES string of the molecule is CC(=O)N(C)c1cnn(C(=O)N2CC3CC(N(Cc4ccccc4Cl)C(=O)OC(C)(C)C)CC3C2)c1. The fourth-order valence-electron chi connectivity index (χ4n) is 5.07. The van der Waals surface area contributed by atoms with E-state index in [1.165, 1.54) is 22.7 Å². The quantitative estimate of drug-likeness (QED) is 0.592. The number of carbonyl (C=O) groups is 3. The van der Waals surface area contributed by atoms with Gasteiger partial charge in [-0.1, -0.05) is 29.8 Å². The van der Waals surface area contributed by atoms with Gasteiger partial charge in [0.25, 0.3) is 0 Å². The molecule has 2 atom stereocenters. The predicted octanol–water partition coefficient (Wildman–Crippen LogP) is 4.64. The Bertz CT molecular complexity index is 1130. The highest BCUT2D eigenvalue weighted by Gasteiger charge is 2.46. The van der Waals surface area contributed by atoms with Gasteiger partial charge >= 0.3 is 12.1 Å². The van der Waals surface area contributed by atoms with Gasteiger partial charge in [0, 0.05) is 38.1 Å². The molecule has 1 saturated heterocycles. The lowest BCUT2D eigenvalue weighted by molar-refractivity contribution is -0.116. The Hall–Kier alpha value is -3.07. The van der Waals surface area contributed by atoms with Gasteiger partial charge in [0.15, 0.2) is 0 Å². The molecule has 36 heavy (non-hydrogen) atoms. The lowest BCUT2D eigenvalue weighted by atomic mass is 10.0. The number of rotatable bonds is 4. The van der Waals surface area contributed by atoms with Crippen LogP contribution in [-0.2, 0) is 16.1 Å². The topological polar surface area (TPSA) is 88.0 Å². The third-order valence-electron chi connectivity index (χ3n) is 6.99. The highest BCUT2D eigenvalue weighted by molar-refractivity contribution is 6.31. The van der Waals surface area contributed by atoms with Gasteiger partial charge in [-0.3, -0.25) is 4.79 Å². The molecule has 0 N–H and O–H groups in total. The summed E-state index contributed by atoms with van der Waals surface area (Å²) in [6.45, 7) is 8.63. The number of amides is 3. The van der Waals surface area contributed by atoms with Crippen LogP contribution >= 0.6 is 11.6 Å². The number of carbonyl (C=O) groups excluding carboxylic acids is 3. The monoisotopic (exact) mass is 515 g/mol. The van der Waals surface area contributed by atoms with E-state index >= 15 is 0 Å². The second-order valence-corrected chi connectivity index (χ2v) is 11.2. The fraction of sp³-hybridized carbons (Fsp3) is 0.538. The van der Waals surface area contributed by atoms with Crippen molar-refractivity contribution >= 4 is 35.3 Å². The van der Waals surface area contributed by atoms with Crippen molar-refractivity contribution < 1.29 is 19.1 Å². The first-order valence-electron chi connectivity index (χ1n) is 12.2. The zero-order valence-electron chi connectivity index (χ0n) is 21.5. The molecule has 1 aromatic heterocycles. The number of aromatic nitrogens is 2. The Morgan fingerprint density at radius 3 is 2.36 bits per heavy atom. The van der Waals surface area contributed by atoms with Crippen LogP contribution in [0.25, 0.3) is 0 Å². The van der Waals surface area contributed by atoms with Crippen LogP contribution in [0.15, 0.2) is 36.7 Å². The molecule has 2 heterocycles. The highest BCUT2D eigenvalue weighted by atomic mass is 35.5. The van der Waals surface area contributed by atoms with Crippen LogP contribution in [0.4, 0.5) is 15.3 Å². The molecule has 1 aliphatic heterocycles. The number of hydrogen-bond acceptors (Lipinski definition) is 5. The first kappa shape index (κ1) is 26.0. The molecule has 194 valence electrons. The van der Waals surface area contributed by atoms with Crippen molar-refractivity contribution in [2.45, 2.75) is 58.7 Å². The zero-order chi connectivity index (χ0) is 26.2. The number of benzene rings is 1. The summed E-state index contributed by atoms with van der Waals surface area (Å²) >= 11 is 6.41. The molecule has 0 radical (unpaired) electrons. The van der Waals surface area contributed by atoms with Gasteiger partial charge in [-0.2, -0.15) is 9.78 Å². The molecule has 1 saturated carbocycles. The van der Waals surface area contributed by atoms with E-state index in [2.05, 4.69) is 5.10 Å². The van der Waals surface area contributed by atoms with Crippen molar-refractivity contribution in [1.82, 2.24) is 19.6 Å². The van der Waals surface area contributed by atoms with Crippen LogP contribution < -0.4 is 4.90 Å². The van der Waals surface area contributed by atoms with Gasteiger partial charge in [-0.15, -0.1) is 0 Å². The maximum absolute atomic E-state index is 13.2. The van der Waals surface area contributed by atoms with Crippen LogP contribution in [0.3, 0.4) is 0 Å². The smallest absolute Gasteiger partial charge is 0.410 e. The van der Waals surface area contributed by atoms with Gasteiger partial charge < -0.3 is 19.4 Å². The van der Waals surface area contributed by atoms with E-state index in [9.17, 15) is 14.4 Å². The molecule has 9 nitrogen and oxygen atoms in total. The van der Waals surface area contributed by atoms with Crippen LogP contribution in [0.2, 0.25) is 5.02 Å². The van der Waals surface area contributed by atoms with Gasteiger partial charge in [0.1, 0.15) is 5.60 Å². The van der Waals surface area contributed by atoms with Crippen LogP contribution in [0.1, 0.15) is 46.1 Å². The Balaban J connectivity index is 1.44. The molecule has 2 aliphatic rings. The van der Waals surface area contributed by atoms with E-state index in [1.807, 2.05) is 49.9 Å². The van der Waals surface area contributed by atoms with Crippen molar-refractivity contribution in [2.24, 2.45) is 11.8 Å². The van der Waals surface area contributed by atoms with Crippen LogP contribution in [-0.4, -0.2) is 69.4 Å². The Labute approximate surface area is 216 Å². The number of likely N-dealkylation sites (tertiary alicyclic amines) is 1. The molecular formula is C26H34ClN5O4. The van der Waals surface area contributed by atoms with E-state index < -0.39 is 5.60 Å². The number of fused-ring (bicyclic) bond motifs is 1.